The Morgan fingerprint density at radius 1 is 0.636 bits per heavy atom. The molecule has 0 fully saturated rings. The molecule has 0 aliphatic carbocycles. The van der Waals surface area contributed by atoms with E-state index in [1.807, 2.05) is 6.07 Å². The van der Waals surface area contributed by atoms with Gasteiger partial charge in [0.25, 0.3) is 0 Å². The first kappa shape index (κ1) is 12.9. The average Bonchev–Trinajstić information content (AvgIpc) is 2.74. The van der Waals surface area contributed by atoms with Gasteiger partial charge in [0.05, 0.1) is 0 Å². The van der Waals surface area contributed by atoms with Crippen LogP contribution in [0.1, 0.15) is 16.7 Å². The number of rotatable bonds is 1. The number of hydrogen-bond acceptors (Lipinski definition) is 1. The van der Waals surface area contributed by atoms with Crippen molar-refractivity contribution in [3.8, 4) is 11.1 Å². The van der Waals surface area contributed by atoms with Crippen LogP contribution in [-0.4, -0.2) is 0 Å². The van der Waals surface area contributed by atoms with Crippen LogP contribution in [-0.2, 0) is 0 Å². The van der Waals surface area contributed by atoms with Gasteiger partial charge in [-0.15, -0.1) is 0 Å². The molecule has 0 saturated heterocycles. The van der Waals surface area contributed by atoms with Gasteiger partial charge in [0, 0.05) is 11.4 Å². The van der Waals surface area contributed by atoms with Crippen molar-refractivity contribution in [1.29, 1.82) is 0 Å². The van der Waals surface area contributed by atoms with E-state index in [-0.39, 0.29) is 0 Å². The Morgan fingerprint density at radius 3 is 2.09 bits per heavy atom. The van der Waals surface area contributed by atoms with Crippen molar-refractivity contribution in [2.45, 2.75) is 6.92 Å². The largest absolute Gasteiger partial charge is 0.355 e. The topological polar surface area (TPSA) is 12.0 Å². The molecule has 4 rings (SSSR count). The van der Waals surface area contributed by atoms with E-state index in [4.69, 9.17) is 0 Å². The van der Waals surface area contributed by atoms with Gasteiger partial charge in [-0.2, -0.15) is 0 Å². The summed E-state index contributed by atoms with van der Waals surface area (Å²) in [7, 11) is 0. The summed E-state index contributed by atoms with van der Waals surface area (Å²) in [6, 6.07) is 23.6. The maximum absolute atomic E-state index is 3.55. The highest BCUT2D eigenvalue weighted by Crippen LogP contribution is 2.33. The molecule has 0 bridgehead atoms. The van der Waals surface area contributed by atoms with Gasteiger partial charge < -0.3 is 5.32 Å². The van der Waals surface area contributed by atoms with Gasteiger partial charge >= 0.3 is 0 Å². The van der Waals surface area contributed by atoms with Crippen LogP contribution in [0.4, 0.5) is 11.4 Å². The third-order valence-corrected chi connectivity index (χ3v) is 4.08. The van der Waals surface area contributed by atoms with E-state index >= 15 is 0 Å². The summed E-state index contributed by atoms with van der Waals surface area (Å²) in [6.45, 7) is 2.12. The highest BCUT2D eigenvalue weighted by molar-refractivity contribution is 5.89. The first-order valence-electron chi connectivity index (χ1n) is 7.55. The molecule has 1 nitrogen and oxygen atoms in total. The molecular formula is C21H17N. The molecule has 0 aromatic heterocycles. The molecule has 22 heavy (non-hydrogen) atoms. The molecule has 0 spiro atoms. The van der Waals surface area contributed by atoms with E-state index in [0.29, 0.717) is 0 Å². The second-order valence-electron chi connectivity index (χ2n) is 5.72. The molecule has 0 saturated carbocycles. The van der Waals surface area contributed by atoms with E-state index in [9.17, 15) is 0 Å². The van der Waals surface area contributed by atoms with E-state index in [1.165, 1.54) is 27.8 Å². The maximum atomic E-state index is 3.55. The van der Waals surface area contributed by atoms with Crippen molar-refractivity contribution >= 4 is 23.5 Å². The zero-order chi connectivity index (χ0) is 14.9. The maximum Gasteiger partial charge on any atom is 0.0458 e. The quantitative estimate of drug-likeness (QED) is 0.459. The molecule has 0 amide bonds. The SMILES string of the molecule is Cc1ccc2c(c1)C=Cc1cc(-c3ccccc3)ccc1N2. The van der Waals surface area contributed by atoms with Crippen LogP contribution in [0.2, 0.25) is 0 Å². The molecule has 1 heterocycles. The Morgan fingerprint density at radius 2 is 1.32 bits per heavy atom. The molecular weight excluding hydrogens is 266 g/mol. The fourth-order valence-corrected chi connectivity index (χ4v) is 2.88. The first-order chi connectivity index (χ1) is 10.8. The van der Waals surface area contributed by atoms with Gasteiger partial charge in [0.1, 0.15) is 0 Å². The minimum atomic E-state index is 1.15. The molecule has 106 valence electrons. The molecule has 0 unspecified atom stereocenters. The summed E-state index contributed by atoms with van der Waals surface area (Å²) in [6.07, 6.45) is 4.38. The summed E-state index contributed by atoms with van der Waals surface area (Å²) >= 11 is 0. The smallest absolute Gasteiger partial charge is 0.0458 e. The number of aryl methyl sites for hydroxylation is 1. The highest BCUT2D eigenvalue weighted by atomic mass is 14.9. The van der Waals surface area contributed by atoms with Crippen LogP contribution < -0.4 is 5.32 Å². The lowest BCUT2D eigenvalue weighted by molar-refractivity contribution is 1.44. The monoisotopic (exact) mass is 283 g/mol. The van der Waals surface area contributed by atoms with Crippen molar-refractivity contribution in [3.05, 3.63) is 83.4 Å². The Hall–Kier alpha value is -2.80. The Bertz CT molecular complexity index is 860. The van der Waals surface area contributed by atoms with Crippen LogP contribution in [0.3, 0.4) is 0 Å². The third-order valence-electron chi connectivity index (χ3n) is 4.08. The summed E-state index contributed by atoms with van der Waals surface area (Å²) in [4.78, 5) is 0. The van der Waals surface area contributed by atoms with E-state index in [2.05, 4.69) is 85.1 Å². The van der Waals surface area contributed by atoms with Crippen molar-refractivity contribution in [1.82, 2.24) is 0 Å². The predicted molar refractivity (Wildman–Crippen MR) is 95.3 cm³/mol. The number of fused-ring (bicyclic) bond motifs is 2. The van der Waals surface area contributed by atoms with Gasteiger partial charge in [-0.05, 0) is 53.4 Å². The van der Waals surface area contributed by atoms with Crippen LogP contribution in [0, 0.1) is 6.92 Å². The summed E-state index contributed by atoms with van der Waals surface area (Å²) < 4.78 is 0. The third kappa shape index (κ3) is 2.31. The lowest BCUT2D eigenvalue weighted by Gasteiger charge is -2.11. The second kappa shape index (κ2) is 5.19. The van der Waals surface area contributed by atoms with Crippen molar-refractivity contribution in [2.75, 3.05) is 5.32 Å². The minimum absolute atomic E-state index is 1.15. The van der Waals surface area contributed by atoms with E-state index in [1.54, 1.807) is 0 Å². The molecule has 1 heteroatoms. The number of hydrogen-bond donors (Lipinski definition) is 1. The summed E-state index contributed by atoms with van der Waals surface area (Å²) in [5, 5.41) is 3.55. The molecule has 0 radical (unpaired) electrons. The summed E-state index contributed by atoms with van der Waals surface area (Å²) in [5.41, 5.74) is 8.53. The number of anilines is 2. The lowest BCUT2D eigenvalue weighted by Crippen LogP contribution is -1.94. The molecule has 1 N–H and O–H groups in total. The average molecular weight is 283 g/mol. The molecule has 3 aromatic rings. The van der Waals surface area contributed by atoms with Crippen LogP contribution >= 0.6 is 0 Å². The molecule has 0 atom stereocenters. The second-order valence-corrected chi connectivity index (χ2v) is 5.72. The van der Waals surface area contributed by atoms with Gasteiger partial charge in [-0.3, -0.25) is 0 Å². The highest BCUT2D eigenvalue weighted by Gasteiger charge is 2.09. The van der Waals surface area contributed by atoms with Gasteiger partial charge in [0.15, 0.2) is 0 Å². The fourth-order valence-electron chi connectivity index (χ4n) is 2.88. The van der Waals surface area contributed by atoms with Gasteiger partial charge in [-0.1, -0.05) is 60.2 Å². The van der Waals surface area contributed by atoms with Crippen molar-refractivity contribution in [3.63, 3.8) is 0 Å². The fraction of sp³-hybridized carbons (Fsp3) is 0.0476. The lowest BCUT2D eigenvalue weighted by atomic mass is 10.0. The van der Waals surface area contributed by atoms with E-state index < -0.39 is 0 Å². The van der Waals surface area contributed by atoms with Gasteiger partial charge in [0.2, 0.25) is 0 Å². The Balaban J connectivity index is 1.79. The first-order valence-corrected chi connectivity index (χ1v) is 7.55. The Labute approximate surface area is 130 Å². The van der Waals surface area contributed by atoms with Crippen molar-refractivity contribution < 1.29 is 0 Å². The molecule has 1 aliphatic heterocycles. The zero-order valence-corrected chi connectivity index (χ0v) is 12.5. The van der Waals surface area contributed by atoms with Gasteiger partial charge in [-0.25, -0.2) is 0 Å². The van der Waals surface area contributed by atoms with Crippen LogP contribution in [0.25, 0.3) is 23.3 Å². The molecule has 1 aliphatic rings. The van der Waals surface area contributed by atoms with E-state index in [0.717, 1.165) is 11.4 Å². The summed E-state index contributed by atoms with van der Waals surface area (Å²) in [5.74, 6) is 0. The molecule has 3 aromatic carbocycles. The standard InChI is InChI=1S/C21H17N/c1-15-7-11-20-18(13-15)8-9-19-14-17(10-12-21(19)22-20)16-5-3-2-4-6-16/h2-14,22H,1H3. The van der Waals surface area contributed by atoms with Crippen molar-refractivity contribution in [2.24, 2.45) is 0 Å². The normalized spacial score (nSPS) is 12.0. The van der Waals surface area contributed by atoms with Crippen LogP contribution in [0.5, 0.6) is 0 Å². The van der Waals surface area contributed by atoms with Crippen LogP contribution in [0.15, 0.2) is 66.7 Å². The Kier molecular flexibility index (Phi) is 3.05. The number of nitrogens with one attached hydrogen (secondary N) is 1. The number of benzene rings is 3. The zero-order valence-electron chi connectivity index (χ0n) is 12.5. The minimum Gasteiger partial charge on any atom is -0.355 e. The predicted octanol–water partition coefficient (Wildman–Crippen LogP) is 5.89.